The Morgan fingerprint density at radius 3 is 2.40 bits per heavy atom. The maximum absolute atomic E-state index is 13.8. The van der Waals surface area contributed by atoms with E-state index in [1.807, 2.05) is 18.2 Å². The van der Waals surface area contributed by atoms with Crippen molar-refractivity contribution in [3.8, 4) is 0 Å². The van der Waals surface area contributed by atoms with Crippen LogP contribution in [-0.4, -0.2) is 35.3 Å². The first kappa shape index (κ1) is 20.5. The molecule has 2 aromatic carbocycles. The molecule has 0 aromatic heterocycles. The minimum absolute atomic E-state index is 0.0323. The fourth-order valence-corrected chi connectivity index (χ4v) is 4.92. The Morgan fingerprint density at radius 2 is 1.67 bits per heavy atom. The summed E-state index contributed by atoms with van der Waals surface area (Å²) < 4.78 is 27.7. The van der Waals surface area contributed by atoms with Crippen molar-refractivity contribution in [2.45, 2.75) is 50.6 Å². The summed E-state index contributed by atoms with van der Waals surface area (Å²) in [5.41, 5.74) is 0.546. The van der Waals surface area contributed by atoms with E-state index in [0.717, 1.165) is 25.7 Å². The van der Waals surface area contributed by atoms with Crippen LogP contribution in [0.25, 0.3) is 0 Å². The molecular weight excluding hydrogens is 386 g/mol. The van der Waals surface area contributed by atoms with Crippen molar-refractivity contribution in [1.29, 1.82) is 0 Å². The van der Waals surface area contributed by atoms with Gasteiger partial charge in [0.15, 0.2) is 0 Å². The number of amides is 2. The van der Waals surface area contributed by atoms with Gasteiger partial charge in [-0.25, -0.2) is 8.78 Å². The maximum atomic E-state index is 13.8. The average molecular weight is 412 g/mol. The van der Waals surface area contributed by atoms with Gasteiger partial charge in [-0.3, -0.25) is 9.59 Å². The molecule has 4 nitrogen and oxygen atoms in total. The third-order valence-electron chi connectivity index (χ3n) is 6.38. The minimum atomic E-state index is -0.614. The lowest BCUT2D eigenvalue weighted by atomic mass is 9.84. The van der Waals surface area contributed by atoms with Crippen LogP contribution < -0.4 is 5.32 Å². The first-order chi connectivity index (χ1) is 14.6. The largest absolute Gasteiger partial charge is 0.354 e. The van der Waals surface area contributed by atoms with E-state index in [4.69, 9.17) is 0 Å². The Kier molecular flexibility index (Phi) is 6.11. The molecule has 0 bridgehead atoms. The van der Waals surface area contributed by atoms with E-state index in [1.54, 1.807) is 17.0 Å². The Balaban J connectivity index is 1.47. The van der Waals surface area contributed by atoms with E-state index in [0.29, 0.717) is 17.9 Å². The van der Waals surface area contributed by atoms with E-state index >= 15 is 0 Å². The van der Waals surface area contributed by atoms with Gasteiger partial charge in [-0.2, -0.15) is 0 Å². The van der Waals surface area contributed by atoms with Crippen molar-refractivity contribution in [1.82, 2.24) is 10.2 Å². The minimum Gasteiger partial charge on any atom is -0.354 e. The van der Waals surface area contributed by atoms with Crippen molar-refractivity contribution in [3.63, 3.8) is 0 Å². The van der Waals surface area contributed by atoms with Gasteiger partial charge >= 0.3 is 0 Å². The lowest BCUT2D eigenvalue weighted by Crippen LogP contribution is -2.49. The zero-order valence-electron chi connectivity index (χ0n) is 16.8. The Morgan fingerprint density at radius 1 is 0.967 bits per heavy atom. The fraction of sp³-hybridized carbons (Fsp3) is 0.417. The molecule has 3 unspecified atom stereocenters. The van der Waals surface area contributed by atoms with Crippen LogP contribution in [0.1, 0.15) is 48.0 Å². The highest BCUT2D eigenvalue weighted by molar-refractivity contribution is 5.98. The summed E-state index contributed by atoms with van der Waals surface area (Å²) >= 11 is 0. The van der Waals surface area contributed by atoms with Gasteiger partial charge in [0.1, 0.15) is 17.7 Å². The summed E-state index contributed by atoms with van der Waals surface area (Å²) in [6.45, 7) is 0.121. The molecule has 2 amide bonds. The third-order valence-corrected chi connectivity index (χ3v) is 6.38. The molecule has 6 heteroatoms. The number of hydrogen-bond donors (Lipinski definition) is 1. The van der Waals surface area contributed by atoms with Crippen LogP contribution in [0.4, 0.5) is 8.78 Å². The number of benzene rings is 2. The van der Waals surface area contributed by atoms with Gasteiger partial charge in [0, 0.05) is 23.7 Å². The summed E-state index contributed by atoms with van der Waals surface area (Å²) in [6, 6.07) is 12.3. The summed E-state index contributed by atoms with van der Waals surface area (Å²) in [4.78, 5) is 28.0. The highest BCUT2D eigenvalue weighted by Crippen LogP contribution is 2.40. The summed E-state index contributed by atoms with van der Waals surface area (Å²) in [5.74, 6) is -1.27. The third kappa shape index (κ3) is 4.09. The van der Waals surface area contributed by atoms with E-state index in [9.17, 15) is 18.4 Å². The first-order valence-electron chi connectivity index (χ1n) is 10.6. The molecule has 1 aliphatic carbocycles. The molecular formula is C24H26F2N2O2. The second-order valence-electron chi connectivity index (χ2n) is 8.18. The number of hydrogen-bond acceptors (Lipinski definition) is 2. The number of nitrogens with zero attached hydrogens (tertiary/aromatic N) is 1. The number of nitrogens with one attached hydrogen (secondary N) is 1. The van der Waals surface area contributed by atoms with Gasteiger partial charge in [0.25, 0.3) is 5.91 Å². The molecule has 1 heterocycles. The van der Waals surface area contributed by atoms with Crippen molar-refractivity contribution < 1.29 is 18.4 Å². The molecule has 1 saturated heterocycles. The van der Waals surface area contributed by atoms with Crippen LogP contribution in [-0.2, 0) is 11.2 Å². The van der Waals surface area contributed by atoms with Gasteiger partial charge in [-0.05, 0) is 55.9 Å². The van der Waals surface area contributed by atoms with Crippen LogP contribution in [0.2, 0.25) is 0 Å². The predicted octanol–water partition coefficient (Wildman–Crippen LogP) is 4.10. The highest BCUT2D eigenvalue weighted by Gasteiger charge is 2.47. The zero-order valence-corrected chi connectivity index (χ0v) is 16.8. The summed E-state index contributed by atoms with van der Waals surface area (Å²) in [5, 5.41) is 2.81. The van der Waals surface area contributed by atoms with Crippen molar-refractivity contribution in [2.75, 3.05) is 6.54 Å². The number of carbonyl (C=O) groups is 2. The number of halogens is 2. The van der Waals surface area contributed by atoms with E-state index in [2.05, 4.69) is 5.32 Å². The SMILES string of the molecule is O=C(NCCc1c(F)cccc1F)C1CC2CCCCC2N1C(=O)c1ccccc1. The molecule has 2 aromatic rings. The fourth-order valence-electron chi connectivity index (χ4n) is 4.92. The molecule has 0 spiro atoms. The van der Waals surface area contributed by atoms with Crippen LogP contribution >= 0.6 is 0 Å². The Hall–Kier alpha value is -2.76. The molecule has 4 rings (SSSR count). The van der Waals surface area contributed by atoms with Crippen molar-refractivity contribution in [3.05, 3.63) is 71.3 Å². The molecule has 158 valence electrons. The van der Waals surface area contributed by atoms with Gasteiger partial charge in [0.2, 0.25) is 5.91 Å². The lowest BCUT2D eigenvalue weighted by Gasteiger charge is -2.33. The monoisotopic (exact) mass is 412 g/mol. The van der Waals surface area contributed by atoms with Crippen LogP contribution in [0.15, 0.2) is 48.5 Å². The summed E-state index contributed by atoms with van der Waals surface area (Å²) in [7, 11) is 0. The highest BCUT2D eigenvalue weighted by atomic mass is 19.1. The lowest BCUT2D eigenvalue weighted by molar-refractivity contribution is -0.125. The van der Waals surface area contributed by atoms with Crippen LogP contribution in [0, 0.1) is 17.6 Å². The average Bonchev–Trinajstić information content (AvgIpc) is 3.15. The first-order valence-corrected chi connectivity index (χ1v) is 10.6. The second-order valence-corrected chi connectivity index (χ2v) is 8.18. The van der Waals surface area contributed by atoms with Crippen LogP contribution in [0.3, 0.4) is 0 Å². The normalized spacial score (nSPS) is 23.1. The quantitative estimate of drug-likeness (QED) is 0.804. The standard InChI is InChI=1S/C24H26F2N2O2/c25-19-10-6-11-20(26)18(19)13-14-27-23(29)22-15-17-9-4-5-12-21(17)28(22)24(30)16-7-2-1-3-8-16/h1-3,6-8,10-11,17,21-22H,4-5,9,12-15H2,(H,27,29). The van der Waals surface area contributed by atoms with Gasteiger partial charge in [-0.1, -0.05) is 37.1 Å². The van der Waals surface area contributed by atoms with E-state index < -0.39 is 17.7 Å². The second kappa shape index (κ2) is 8.94. The van der Waals surface area contributed by atoms with Gasteiger partial charge in [-0.15, -0.1) is 0 Å². The Labute approximate surface area is 175 Å². The predicted molar refractivity (Wildman–Crippen MR) is 110 cm³/mol. The van der Waals surface area contributed by atoms with Gasteiger partial charge in [0.05, 0.1) is 0 Å². The number of likely N-dealkylation sites (tertiary alicyclic amines) is 1. The van der Waals surface area contributed by atoms with Crippen LogP contribution in [0.5, 0.6) is 0 Å². The smallest absolute Gasteiger partial charge is 0.254 e. The van der Waals surface area contributed by atoms with Crippen molar-refractivity contribution in [2.24, 2.45) is 5.92 Å². The molecule has 1 saturated carbocycles. The number of carbonyl (C=O) groups excluding carboxylic acids is 2. The summed E-state index contributed by atoms with van der Waals surface area (Å²) in [6.07, 6.45) is 4.82. The molecule has 0 radical (unpaired) electrons. The molecule has 3 atom stereocenters. The number of rotatable bonds is 5. The molecule has 1 N–H and O–H groups in total. The maximum Gasteiger partial charge on any atom is 0.254 e. The van der Waals surface area contributed by atoms with E-state index in [1.165, 1.54) is 18.2 Å². The van der Waals surface area contributed by atoms with E-state index in [-0.39, 0.29) is 36.4 Å². The zero-order chi connectivity index (χ0) is 21.1. The molecule has 30 heavy (non-hydrogen) atoms. The van der Waals surface area contributed by atoms with Crippen molar-refractivity contribution >= 4 is 11.8 Å². The Bertz CT molecular complexity index is 898. The molecule has 2 fully saturated rings. The number of fused-ring (bicyclic) bond motifs is 1. The molecule has 2 aliphatic rings. The topological polar surface area (TPSA) is 49.4 Å². The van der Waals surface area contributed by atoms with Gasteiger partial charge < -0.3 is 10.2 Å². The molecule has 1 aliphatic heterocycles.